The van der Waals surface area contributed by atoms with Gasteiger partial charge in [-0.1, -0.05) is 0 Å². The summed E-state index contributed by atoms with van der Waals surface area (Å²) in [6, 6.07) is 0.944. The minimum atomic E-state index is 0.431. The summed E-state index contributed by atoms with van der Waals surface area (Å²) in [5.41, 5.74) is 6.68. The molecule has 1 heterocycles. The molecule has 0 aliphatic carbocycles. The van der Waals surface area contributed by atoms with Gasteiger partial charge in [-0.2, -0.15) is 0 Å². The van der Waals surface area contributed by atoms with Gasteiger partial charge in [0.25, 0.3) is 0 Å². The first kappa shape index (κ1) is 6.62. The molecule has 0 bridgehead atoms. The van der Waals surface area contributed by atoms with Gasteiger partial charge < -0.3 is 5.73 Å². The van der Waals surface area contributed by atoms with Gasteiger partial charge in [-0.05, 0) is 27.0 Å². The van der Waals surface area contributed by atoms with E-state index < -0.39 is 0 Å². The first-order valence-corrected chi connectivity index (χ1v) is 3.32. The van der Waals surface area contributed by atoms with Gasteiger partial charge in [0.2, 0.25) is 0 Å². The van der Waals surface area contributed by atoms with Crippen LogP contribution in [0.15, 0.2) is 11.8 Å². The predicted octanol–water partition coefficient (Wildman–Crippen LogP) is 0.551. The lowest BCUT2D eigenvalue weighted by Crippen LogP contribution is -2.31. The zero-order valence-corrected chi connectivity index (χ0v) is 6.26. The summed E-state index contributed by atoms with van der Waals surface area (Å²) in [6.45, 7) is 4.27. The van der Waals surface area contributed by atoms with Crippen molar-refractivity contribution in [3.05, 3.63) is 11.8 Å². The molecule has 2 nitrogen and oxygen atoms in total. The van der Waals surface area contributed by atoms with E-state index in [2.05, 4.69) is 31.9 Å². The van der Waals surface area contributed by atoms with Gasteiger partial charge >= 0.3 is 0 Å². The largest absolute Gasteiger partial charge is 0.401 e. The molecule has 0 unspecified atom stereocenters. The highest BCUT2D eigenvalue weighted by Gasteiger charge is 2.22. The van der Waals surface area contributed by atoms with Crippen molar-refractivity contribution < 1.29 is 0 Å². The van der Waals surface area contributed by atoms with Crippen LogP contribution in [0.3, 0.4) is 0 Å². The van der Waals surface area contributed by atoms with Crippen molar-refractivity contribution in [2.45, 2.75) is 25.9 Å². The Hall–Kier alpha value is -0.500. The summed E-state index contributed by atoms with van der Waals surface area (Å²) in [7, 11) is 2.09. The maximum Gasteiger partial charge on any atom is 0.0464 e. The lowest BCUT2D eigenvalue weighted by atomic mass is 10.3. The van der Waals surface area contributed by atoms with Crippen molar-refractivity contribution in [2.24, 2.45) is 5.73 Å². The van der Waals surface area contributed by atoms with E-state index in [-0.39, 0.29) is 0 Å². The van der Waals surface area contributed by atoms with E-state index in [4.69, 9.17) is 5.73 Å². The van der Waals surface area contributed by atoms with Gasteiger partial charge in [-0.25, -0.2) is 0 Å². The topological polar surface area (TPSA) is 29.3 Å². The predicted molar refractivity (Wildman–Crippen MR) is 39.0 cm³/mol. The fourth-order valence-electron chi connectivity index (χ4n) is 1.12. The Bertz CT molecular complexity index is 140. The van der Waals surface area contributed by atoms with Gasteiger partial charge in [0.15, 0.2) is 0 Å². The van der Waals surface area contributed by atoms with E-state index >= 15 is 0 Å². The Kier molecular flexibility index (Phi) is 1.49. The van der Waals surface area contributed by atoms with Crippen LogP contribution in [-0.2, 0) is 0 Å². The number of hydrogen-bond donors (Lipinski definition) is 1. The second kappa shape index (κ2) is 2.03. The van der Waals surface area contributed by atoms with Crippen LogP contribution in [0.25, 0.3) is 0 Å². The van der Waals surface area contributed by atoms with E-state index in [1.165, 1.54) is 0 Å². The number of rotatable bonds is 0. The molecule has 1 aliphatic rings. The van der Waals surface area contributed by atoms with Crippen molar-refractivity contribution in [3.63, 3.8) is 0 Å². The molecule has 2 heteroatoms. The molecule has 52 valence electrons. The van der Waals surface area contributed by atoms with Crippen molar-refractivity contribution in [3.8, 4) is 0 Å². The molecule has 0 radical (unpaired) electrons. The first-order chi connectivity index (χ1) is 4.13. The van der Waals surface area contributed by atoms with Crippen LogP contribution in [-0.4, -0.2) is 24.0 Å². The fourth-order valence-corrected chi connectivity index (χ4v) is 1.12. The van der Waals surface area contributed by atoms with Crippen LogP contribution in [0.1, 0.15) is 13.8 Å². The second-order valence-electron chi connectivity index (χ2n) is 2.75. The van der Waals surface area contributed by atoms with Crippen molar-refractivity contribution >= 4 is 0 Å². The first-order valence-electron chi connectivity index (χ1n) is 3.32. The molecule has 2 atom stereocenters. The van der Waals surface area contributed by atoms with E-state index in [1.54, 1.807) is 0 Å². The molecule has 0 amide bonds. The summed E-state index contributed by atoms with van der Waals surface area (Å²) >= 11 is 0. The normalized spacial score (nSPS) is 37.0. The summed E-state index contributed by atoms with van der Waals surface area (Å²) < 4.78 is 0. The van der Waals surface area contributed by atoms with Gasteiger partial charge in [-0.3, -0.25) is 4.90 Å². The van der Waals surface area contributed by atoms with Gasteiger partial charge in [0.05, 0.1) is 0 Å². The van der Waals surface area contributed by atoms with Crippen LogP contribution in [0, 0.1) is 0 Å². The van der Waals surface area contributed by atoms with Crippen LogP contribution in [0.2, 0.25) is 0 Å². The molecular weight excluding hydrogens is 112 g/mol. The van der Waals surface area contributed by atoms with Crippen LogP contribution in [0.4, 0.5) is 0 Å². The van der Waals surface area contributed by atoms with E-state index in [0.717, 1.165) is 5.70 Å². The summed E-state index contributed by atoms with van der Waals surface area (Å²) in [5, 5.41) is 0. The summed E-state index contributed by atoms with van der Waals surface area (Å²) in [4.78, 5) is 2.25. The number of likely N-dealkylation sites (N-methyl/N-ethyl adjacent to an activating group) is 1. The molecule has 1 rings (SSSR count). The highest BCUT2D eigenvalue weighted by Crippen LogP contribution is 2.16. The maximum atomic E-state index is 5.68. The standard InChI is InChI=1S/C7H14N2/c1-5-4-7(8)6(2)9(5)3/h4-6H,8H2,1-3H3/t5-,6+/m0/s1. The summed E-state index contributed by atoms with van der Waals surface area (Å²) in [6.07, 6.45) is 2.10. The number of nitrogens with two attached hydrogens (primary N) is 1. The van der Waals surface area contributed by atoms with E-state index in [0.29, 0.717) is 12.1 Å². The number of nitrogens with zero attached hydrogens (tertiary/aromatic N) is 1. The van der Waals surface area contributed by atoms with E-state index in [1.807, 2.05) is 0 Å². The highest BCUT2D eigenvalue weighted by molar-refractivity contribution is 5.15. The van der Waals surface area contributed by atoms with Gasteiger partial charge in [0, 0.05) is 17.8 Å². The van der Waals surface area contributed by atoms with Crippen LogP contribution < -0.4 is 5.73 Å². The third-order valence-corrected chi connectivity index (χ3v) is 2.17. The molecular formula is C7H14N2. The molecule has 0 aromatic rings. The average Bonchev–Trinajstić information content (AvgIpc) is 1.98. The quantitative estimate of drug-likeness (QED) is 0.513. The number of hydrogen-bond acceptors (Lipinski definition) is 2. The Morgan fingerprint density at radius 1 is 1.56 bits per heavy atom. The molecule has 0 saturated heterocycles. The molecule has 1 aliphatic heterocycles. The van der Waals surface area contributed by atoms with Crippen LogP contribution >= 0.6 is 0 Å². The van der Waals surface area contributed by atoms with Crippen molar-refractivity contribution in [2.75, 3.05) is 7.05 Å². The molecule has 9 heavy (non-hydrogen) atoms. The van der Waals surface area contributed by atoms with Crippen molar-refractivity contribution in [1.29, 1.82) is 0 Å². The second-order valence-corrected chi connectivity index (χ2v) is 2.75. The Morgan fingerprint density at radius 3 is 2.22 bits per heavy atom. The lowest BCUT2D eigenvalue weighted by Gasteiger charge is -2.20. The third kappa shape index (κ3) is 0.944. The Balaban J connectivity index is 2.70. The van der Waals surface area contributed by atoms with Crippen molar-refractivity contribution in [1.82, 2.24) is 4.90 Å². The zero-order chi connectivity index (χ0) is 7.02. The highest BCUT2D eigenvalue weighted by atomic mass is 15.2. The smallest absolute Gasteiger partial charge is 0.0464 e. The summed E-state index contributed by atoms with van der Waals surface area (Å²) in [5.74, 6) is 0. The van der Waals surface area contributed by atoms with Gasteiger partial charge in [0.1, 0.15) is 0 Å². The minimum absolute atomic E-state index is 0.431. The Morgan fingerprint density at radius 2 is 2.11 bits per heavy atom. The molecule has 0 fully saturated rings. The fraction of sp³-hybridized carbons (Fsp3) is 0.714. The van der Waals surface area contributed by atoms with Gasteiger partial charge in [-0.15, -0.1) is 0 Å². The zero-order valence-electron chi connectivity index (χ0n) is 6.26. The molecule has 0 aromatic heterocycles. The third-order valence-electron chi connectivity index (χ3n) is 2.17. The molecule has 0 saturated carbocycles. The molecule has 0 aromatic carbocycles. The SMILES string of the molecule is C[C@@H]1C(N)=C[C@H](C)N1C. The van der Waals surface area contributed by atoms with E-state index in [9.17, 15) is 0 Å². The Labute approximate surface area is 56.3 Å². The molecule has 2 N–H and O–H groups in total. The maximum absolute atomic E-state index is 5.68. The minimum Gasteiger partial charge on any atom is -0.401 e. The molecule has 0 spiro atoms. The van der Waals surface area contributed by atoms with Crippen LogP contribution in [0.5, 0.6) is 0 Å². The lowest BCUT2D eigenvalue weighted by molar-refractivity contribution is 0.279. The monoisotopic (exact) mass is 126 g/mol. The average molecular weight is 126 g/mol.